The van der Waals surface area contributed by atoms with Crippen molar-refractivity contribution < 1.29 is 13.2 Å². The number of hydrogen-bond acceptors (Lipinski definition) is 5. The van der Waals surface area contributed by atoms with Gasteiger partial charge < -0.3 is 4.74 Å². The highest BCUT2D eigenvalue weighted by Gasteiger charge is 2.18. The highest BCUT2D eigenvalue weighted by Crippen LogP contribution is 2.26. The van der Waals surface area contributed by atoms with Gasteiger partial charge in [-0.25, -0.2) is 18.1 Å². The summed E-state index contributed by atoms with van der Waals surface area (Å²) in [5, 5.41) is 0.764. The van der Waals surface area contributed by atoms with Gasteiger partial charge in [0.25, 0.3) is 0 Å². The van der Waals surface area contributed by atoms with Gasteiger partial charge >= 0.3 is 0 Å². The lowest BCUT2D eigenvalue weighted by atomic mass is 10.1. The maximum absolute atomic E-state index is 12.4. The fourth-order valence-corrected chi connectivity index (χ4v) is 4.36. The van der Waals surface area contributed by atoms with Gasteiger partial charge in [-0.1, -0.05) is 0 Å². The average Bonchev–Trinajstić information content (AvgIpc) is 2.75. The summed E-state index contributed by atoms with van der Waals surface area (Å²) in [5.41, 5.74) is 2.53. The Hall–Kier alpha value is -1.44. The number of hydrogen-bond donors (Lipinski definition) is 1. The summed E-state index contributed by atoms with van der Waals surface area (Å²) in [4.78, 5) is 5.69. The first kappa shape index (κ1) is 16.9. The summed E-state index contributed by atoms with van der Waals surface area (Å²) in [5.74, 6) is 0.713. The molecule has 1 N–H and O–H groups in total. The molecule has 120 valence electrons. The Balaban J connectivity index is 2.23. The van der Waals surface area contributed by atoms with Crippen molar-refractivity contribution in [2.45, 2.75) is 39.1 Å². The van der Waals surface area contributed by atoms with E-state index in [-0.39, 0.29) is 11.4 Å². The molecule has 0 radical (unpaired) electrons. The van der Waals surface area contributed by atoms with Crippen molar-refractivity contribution in [3.63, 3.8) is 0 Å². The zero-order valence-corrected chi connectivity index (χ0v) is 15.0. The first-order valence-electron chi connectivity index (χ1n) is 6.82. The van der Waals surface area contributed by atoms with E-state index in [1.54, 1.807) is 19.2 Å². The Morgan fingerprint density at radius 2 is 1.77 bits per heavy atom. The average molecular weight is 340 g/mol. The van der Waals surface area contributed by atoms with Gasteiger partial charge in [0, 0.05) is 4.88 Å². The molecule has 0 saturated heterocycles. The van der Waals surface area contributed by atoms with E-state index in [0.29, 0.717) is 5.75 Å². The van der Waals surface area contributed by atoms with Crippen LogP contribution in [0.1, 0.15) is 26.7 Å². The highest BCUT2D eigenvalue weighted by molar-refractivity contribution is 7.89. The van der Waals surface area contributed by atoms with E-state index >= 15 is 0 Å². The van der Waals surface area contributed by atoms with Gasteiger partial charge in [-0.3, -0.25) is 0 Å². The second kappa shape index (κ2) is 6.36. The van der Waals surface area contributed by atoms with E-state index in [0.717, 1.165) is 26.7 Å². The number of nitrogens with zero attached hydrogens (tertiary/aromatic N) is 1. The molecule has 0 amide bonds. The van der Waals surface area contributed by atoms with Crippen LogP contribution in [0.5, 0.6) is 5.75 Å². The SMILES string of the molecule is COc1c(C)cc(S(=O)(=O)NCc2nc(C)c(C)s2)cc1C. The monoisotopic (exact) mass is 340 g/mol. The van der Waals surface area contributed by atoms with Crippen LogP contribution in [-0.2, 0) is 16.6 Å². The third-order valence-electron chi connectivity index (χ3n) is 3.43. The summed E-state index contributed by atoms with van der Waals surface area (Å²) in [6.45, 7) is 7.75. The molecule has 0 fully saturated rings. The van der Waals surface area contributed by atoms with Crippen molar-refractivity contribution in [1.29, 1.82) is 0 Å². The minimum Gasteiger partial charge on any atom is -0.496 e. The summed E-state index contributed by atoms with van der Waals surface area (Å²) in [6, 6.07) is 3.24. The number of nitrogens with one attached hydrogen (secondary N) is 1. The van der Waals surface area contributed by atoms with Crippen LogP contribution in [0.15, 0.2) is 17.0 Å². The molecule has 0 aliphatic carbocycles. The summed E-state index contributed by atoms with van der Waals surface area (Å²) in [6.07, 6.45) is 0. The highest BCUT2D eigenvalue weighted by atomic mass is 32.2. The summed E-state index contributed by atoms with van der Waals surface area (Å²) < 4.78 is 32.7. The predicted molar refractivity (Wildman–Crippen MR) is 88.1 cm³/mol. The van der Waals surface area contributed by atoms with Gasteiger partial charge in [0.1, 0.15) is 10.8 Å². The number of aryl methyl sites for hydroxylation is 4. The molecule has 1 aromatic carbocycles. The third kappa shape index (κ3) is 3.48. The molecule has 0 bridgehead atoms. The van der Waals surface area contributed by atoms with E-state index in [2.05, 4.69) is 9.71 Å². The van der Waals surface area contributed by atoms with Gasteiger partial charge in [0.2, 0.25) is 10.0 Å². The van der Waals surface area contributed by atoms with E-state index in [9.17, 15) is 8.42 Å². The van der Waals surface area contributed by atoms with Gasteiger partial charge in [-0.15, -0.1) is 11.3 Å². The lowest BCUT2D eigenvalue weighted by Gasteiger charge is -2.12. The molecule has 0 aliphatic rings. The molecule has 0 spiro atoms. The van der Waals surface area contributed by atoms with Gasteiger partial charge in [0.15, 0.2) is 0 Å². The van der Waals surface area contributed by atoms with Crippen LogP contribution in [0, 0.1) is 27.7 Å². The van der Waals surface area contributed by atoms with Crippen LogP contribution in [0.25, 0.3) is 0 Å². The van der Waals surface area contributed by atoms with Crippen LogP contribution in [0.3, 0.4) is 0 Å². The Morgan fingerprint density at radius 1 is 1.18 bits per heavy atom. The second-order valence-electron chi connectivity index (χ2n) is 5.16. The molecule has 0 unspecified atom stereocenters. The molecule has 2 rings (SSSR count). The number of ether oxygens (including phenoxy) is 1. The zero-order chi connectivity index (χ0) is 16.5. The number of thiazole rings is 1. The molecular formula is C15H20N2O3S2. The Labute approximate surface area is 135 Å². The summed E-state index contributed by atoms with van der Waals surface area (Å²) >= 11 is 1.50. The molecule has 0 aliphatic heterocycles. The van der Waals surface area contributed by atoms with Gasteiger partial charge in [0.05, 0.1) is 24.2 Å². The molecule has 22 heavy (non-hydrogen) atoms. The first-order chi connectivity index (χ1) is 10.2. The van der Waals surface area contributed by atoms with Gasteiger partial charge in [-0.05, 0) is 51.0 Å². The quantitative estimate of drug-likeness (QED) is 0.909. The minimum absolute atomic E-state index is 0.200. The Kier molecular flexibility index (Phi) is 4.89. The zero-order valence-electron chi connectivity index (χ0n) is 13.4. The molecule has 0 atom stereocenters. The number of benzene rings is 1. The van der Waals surface area contributed by atoms with E-state index in [4.69, 9.17) is 4.74 Å². The van der Waals surface area contributed by atoms with E-state index in [1.165, 1.54) is 11.3 Å². The van der Waals surface area contributed by atoms with Crippen molar-refractivity contribution in [3.05, 3.63) is 38.8 Å². The lowest BCUT2D eigenvalue weighted by Crippen LogP contribution is -2.23. The van der Waals surface area contributed by atoms with E-state index < -0.39 is 10.0 Å². The van der Waals surface area contributed by atoms with Crippen molar-refractivity contribution in [2.24, 2.45) is 0 Å². The lowest BCUT2D eigenvalue weighted by molar-refractivity contribution is 0.408. The fraction of sp³-hybridized carbons (Fsp3) is 0.400. The number of aromatic nitrogens is 1. The minimum atomic E-state index is -3.57. The predicted octanol–water partition coefficient (Wildman–Crippen LogP) is 2.86. The molecule has 0 saturated carbocycles. The smallest absolute Gasteiger partial charge is 0.240 e. The Bertz CT molecular complexity index is 753. The number of methoxy groups -OCH3 is 1. The van der Waals surface area contributed by atoms with Crippen LogP contribution in [-0.4, -0.2) is 20.5 Å². The van der Waals surface area contributed by atoms with Gasteiger partial charge in [-0.2, -0.15) is 0 Å². The molecule has 1 heterocycles. The molecule has 1 aromatic heterocycles. The standard InChI is InChI=1S/C15H20N2O3S2/c1-9-6-13(7-10(2)15(9)20-5)22(18,19)16-8-14-17-11(3)12(4)21-14/h6-7,16H,8H2,1-5H3. The maximum Gasteiger partial charge on any atom is 0.240 e. The second-order valence-corrected chi connectivity index (χ2v) is 8.22. The van der Waals surface area contributed by atoms with Crippen molar-refractivity contribution >= 4 is 21.4 Å². The molecule has 2 aromatic rings. The van der Waals surface area contributed by atoms with Crippen molar-refractivity contribution in [3.8, 4) is 5.75 Å². The van der Waals surface area contributed by atoms with Crippen molar-refractivity contribution in [2.75, 3.05) is 7.11 Å². The molecule has 7 heteroatoms. The van der Waals surface area contributed by atoms with Crippen molar-refractivity contribution in [1.82, 2.24) is 9.71 Å². The number of sulfonamides is 1. The maximum atomic E-state index is 12.4. The van der Waals surface area contributed by atoms with Crippen LogP contribution in [0.2, 0.25) is 0 Å². The molecule has 5 nitrogen and oxygen atoms in total. The number of rotatable bonds is 5. The van der Waals surface area contributed by atoms with Crippen LogP contribution < -0.4 is 9.46 Å². The Morgan fingerprint density at radius 3 is 2.23 bits per heavy atom. The first-order valence-corrected chi connectivity index (χ1v) is 9.12. The largest absolute Gasteiger partial charge is 0.496 e. The normalized spacial score (nSPS) is 11.7. The van der Waals surface area contributed by atoms with E-state index in [1.807, 2.05) is 27.7 Å². The summed E-state index contributed by atoms with van der Waals surface area (Å²) in [7, 11) is -1.99. The third-order valence-corrected chi connectivity index (χ3v) is 5.89. The topological polar surface area (TPSA) is 68.3 Å². The molecular weight excluding hydrogens is 320 g/mol. The van der Waals surface area contributed by atoms with Crippen LogP contribution in [0.4, 0.5) is 0 Å². The van der Waals surface area contributed by atoms with Crippen LogP contribution >= 0.6 is 11.3 Å². The fourth-order valence-electron chi connectivity index (χ4n) is 2.24.